The van der Waals surface area contributed by atoms with Gasteiger partial charge in [-0.1, -0.05) is 48.6 Å². The van der Waals surface area contributed by atoms with Crippen LogP contribution in [-0.2, 0) is 0 Å². The second-order valence-corrected chi connectivity index (χ2v) is 4.99. The van der Waals surface area contributed by atoms with Crippen LogP contribution in [0.2, 0.25) is 0 Å². The van der Waals surface area contributed by atoms with Crippen LogP contribution in [0.4, 0.5) is 0 Å². The van der Waals surface area contributed by atoms with E-state index in [2.05, 4.69) is 0 Å². The molecule has 0 aliphatic heterocycles. The van der Waals surface area contributed by atoms with Gasteiger partial charge in [-0.05, 0) is 23.8 Å². The average molecular weight is 272 g/mol. The zero-order valence-corrected chi connectivity index (χ0v) is 11.8. The van der Waals surface area contributed by atoms with E-state index < -0.39 is 0 Å². The molecule has 4 heteroatoms. The number of amides is 1. The Bertz CT molecular complexity index is 634. The highest BCUT2D eigenvalue weighted by Gasteiger charge is 2.20. The molecule has 0 aliphatic carbocycles. The summed E-state index contributed by atoms with van der Waals surface area (Å²) in [5.41, 5.74) is 6.27. The summed E-state index contributed by atoms with van der Waals surface area (Å²) in [4.78, 5) is 14.4. The van der Waals surface area contributed by atoms with Gasteiger partial charge in [0.15, 0.2) is 0 Å². The van der Waals surface area contributed by atoms with Gasteiger partial charge in [-0.15, -0.1) is 0 Å². The first-order valence-electron chi connectivity index (χ1n) is 6.06. The summed E-state index contributed by atoms with van der Waals surface area (Å²) >= 11 is 4.94. The van der Waals surface area contributed by atoms with Crippen molar-refractivity contribution in [2.75, 3.05) is 7.05 Å². The number of nitrogens with two attached hydrogens (primary N) is 1. The van der Waals surface area contributed by atoms with Crippen LogP contribution in [-0.4, -0.2) is 28.9 Å². The lowest BCUT2D eigenvalue weighted by atomic mass is 10.0. The summed E-state index contributed by atoms with van der Waals surface area (Å²) in [6.45, 7) is 1.82. The van der Waals surface area contributed by atoms with Crippen LogP contribution in [0.1, 0.15) is 17.3 Å². The zero-order valence-electron chi connectivity index (χ0n) is 11.0. The topological polar surface area (TPSA) is 46.3 Å². The fourth-order valence-corrected chi connectivity index (χ4v) is 2.13. The third kappa shape index (κ3) is 2.58. The number of carbonyl (C=O) groups excluding carboxylic acids is 1. The molecule has 2 aromatic carbocycles. The molecule has 2 N–H and O–H groups in total. The van der Waals surface area contributed by atoms with Crippen LogP contribution in [0.25, 0.3) is 10.8 Å². The summed E-state index contributed by atoms with van der Waals surface area (Å²) in [6, 6.07) is 13.3. The standard InChI is InChI=1S/C15H16N2OS/c1-10(14(16)19)17(2)15(18)13-9-5-7-11-6-3-4-8-12(11)13/h3-10H,1-2H3,(H2,16,19). The third-order valence-corrected chi connectivity index (χ3v) is 3.67. The van der Waals surface area contributed by atoms with E-state index in [1.54, 1.807) is 11.9 Å². The van der Waals surface area contributed by atoms with Crippen molar-refractivity contribution in [1.82, 2.24) is 4.90 Å². The normalized spacial score (nSPS) is 12.1. The van der Waals surface area contributed by atoms with Crippen LogP contribution in [0, 0.1) is 0 Å². The van der Waals surface area contributed by atoms with E-state index in [1.165, 1.54) is 0 Å². The summed E-state index contributed by atoms with van der Waals surface area (Å²) in [6.07, 6.45) is 0. The van der Waals surface area contributed by atoms with Crippen molar-refractivity contribution in [3.63, 3.8) is 0 Å². The van der Waals surface area contributed by atoms with Crippen LogP contribution in [0.15, 0.2) is 42.5 Å². The fourth-order valence-electron chi connectivity index (χ4n) is 1.97. The minimum atomic E-state index is -0.263. The molecule has 1 unspecified atom stereocenters. The highest BCUT2D eigenvalue weighted by molar-refractivity contribution is 7.80. The molecule has 2 aromatic rings. The minimum absolute atomic E-state index is 0.0721. The molecule has 0 saturated carbocycles. The molecule has 19 heavy (non-hydrogen) atoms. The largest absolute Gasteiger partial charge is 0.392 e. The van der Waals surface area contributed by atoms with Gasteiger partial charge in [-0.3, -0.25) is 4.79 Å². The molecule has 0 aliphatic rings. The zero-order chi connectivity index (χ0) is 14.0. The first-order chi connectivity index (χ1) is 9.02. The van der Waals surface area contributed by atoms with Gasteiger partial charge in [0.05, 0.1) is 11.0 Å². The molecule has 98 valence electrons. The molecule has 3 nitrogen and oxygen atoms in total. The Hall–Kier alpha value is -1.94. The van der Waals surface area contributed by atoms with Gasteiger partial charge >= 0.3 is 0 Å². The third-order valence-electron chi connectivity index (χ3n) is 3.33. The van der Waals surface area contributed by atoms with Crippen molar-refractivity contribution in [2.45, 2.75) is 13.0 Å². The monoisotopic (exact) mass is 272 g/mol. The van der Waals surface area contributed by atoms with E-state index in [9.17, 15) is 4.79 Å². The molecule has 0 spiro atoms. The summed E-state index contributed by atoms with van der Waals surface area (Å²) < 4.78 is 0. The molecule has 0 bridgehead atoms. The molecule has 0 fully saturated rings. The molecular weight excluding hydrogens is 256 g/mol. The van der Waals surface area contributed by atoms with Crippen molar-refractivity contribution in [3.8, 4) is 0 Å². The molecular formula is C15H16N2OS. The van der Waals surface area contributed by atoms with E-state index >= 15 is 0 Å². The molecule has 1 amide bonds. The number of benzene rings is 2. The lowest BCUT2D eigenvalue weighted by molar-refractivity contribution is 0.0781. The number of likely N-dealkylation sites (N-methyl/N-ethyl adjacent to an activating group) is 1. The highest BCUT2D eigenvalue weighted by Crippen LogP contribution is 2.20. The number of nitrogens with zero attached hydrogens (tertiary/aromatic N) is 1. The Labute approximate surface area is 118 Å². The van der Waals surface area contributed by atoms with E-state index in [0.29, 0.717) is 10.6 Å². The van der Waals surface area contributed by atoms with Gasteiger partial charge in [-0.25, -0.2) is 0 Å². The Morgan fingerprint density at radius 2 is 1.84 bits per heavy atom. The quantitative estimate of drug-likeness (QED) is 0.874. The van der Waals surface area contributed by atoms with Crippen LogP contribution in [0.5, 0.6) is 0 Å². The summed E-state index contributed by atoms with van der Waals surface area (Å²) in [5.74, 6) is -0.0721. The lowest BCUT2D eigenvalue weighted by Gasteiger charge is -2.24. The maximum absolute atomic E-state index is 12.5. The molecule has 1 atom stereocenters. The van der Waals surface area contributed by atoms with Crippen molar-refractivity contribution in [3.05, 3.63) is 48.0 Å². The van der Waals surface area contributed by atoms with Gasteiger partial charge in [0, 0.05) is 12.6 Å². The Morgan fingerprint density at radius 1 is 1.21 bits per heavy atom. The van der Waals surface area contributed by atoms with E-state index in [-0.39, 0.29) is 11.9 Å². The molecule has 0 aromatic heterocycles. The SMILES string of the molecule is CC(C(N)=S)N(C)C(=O)c1cccc2ccccc12. The van der Waals surface area contributed by atoms with Crippen molar-refractivity contribution in [2.24, 2.45) is 5.73 Å². The lowest BCUT2D eigenvalue weighted by Crippen LogP contribution is -2.42. The number of thiocarbonyl (C=S) groups is 1. The van der Waals surface area contributed by atoms with Gasteiger partial charge in [0.2, 0.25) is 0 Å². The fraction of sp³-hybridized carbons (Fsp3) is 0.200. The molecule has 0 saturated heterocycles. The second kappa shape index (κ2) is 5.36. The van der Waals surface area contributed by atoms with E-state index in [4.69, 9.17) is 18.0 Å². The van der Waals surface area contributed by atoms with Crippen molar-refractivity contribution < 1.29 is 4.79 Å². The first-order valence-corrected chi connectivity index (χ1v) is 6.47. The van der Waals surface area contributed by atoms with Crippen LogP contribution >= 0.6 is 12.2 Å². The van der Waals surface area contributed by atoms with Gasteiger partial charge in [0.1, 0.15) is 0 Å². The van der Waals surface area contributed by atoms with E-state index in [0.717, 1.165) is 10.8 Å². The summed E-state index contributed by atoms with van der Waals surface area (Å²) in [5, 5.41) is 1.99. The average Bonchev–Trinajstić information content (AvgIpc) is 2.44. The Morgan fingerprint density at radius 3 is 2.53 bits per heavy atom. The number of hydrogen-bond acceptors (Lipinski definition) is 2. The predicted octanol–water partition coefficient (Wildman–Crippen LogP) is 2.59. The van der Waals surface area contributed by atoms with Crippen molar-refractivity contribution >= 4 is 33.9 Å². The van der Waals surface area contributed by atoms with Crippen molar-refractivity contribution in [1.29, 1.82) is 0 Å². The second-order valence-electron chi connectivity index (χ2n) is 4.52. The molecule has 0 heterocycles. The minimum Gasteiger partial charge on any atom is -0.392 e. The van der Waals surface area contributed by atoms with E-state index in [1.807, 2.05) is 49.4 Å². The number of fused-ring (bicyclic) bond motifs is 1. The maximum atomic E-state index is 12.5. The maximum Gasteiger partial charge on any atom is 0.254 e. The summed E-state index contributed by atoms with van der Waals surface area (Å²) in [7, 11) is 1.72. The van der Waals surface area contributed by atoms with Gasteiger partial charge in [-0.2, -0.15) is 0 Å². The predicted molar refractivity (Wildman–Crippen MR) is 82.3 cm³/mol. The van der Waals surface area contributed by atoms with Gasteiger partial charge in [0.25, 0.3) is 5.91 Å². The molecule has 2 rings (SSSR count). The Balaban J connectivity index is 2.44. The number of rotatable bonds is 3. The van der Waals surface area contributed by atoms with Crippen LogP contribution < -0.4 is 5.73 Å². The first kappa shape index (κ1) is 13.5. The highest BCUT2D eigenvalue weighted by atomic mass is 32.1. The Kier molecular flexibility index (Phi) is 3.81. The molecule has 0 radical (unpaired) electrons. The smallest absolute Gasteiger partial charge is 0.254 e. The van der Waals surface area contributed by atoms with Gasteiger partial charge < -0.3 is 10.6 Å². The number of carbonyl (C=O) groups is 1. The number of hydrogen-bond donors (Lipinski definition) is 1. The van der Waals surface area contributed by atoms with Crippen LogP contribution in [0.3, 0.4) is 0 Å².